The van der Waals surface area contributed by atoms with Crippen LogP contribution in [0.25, 0.3) is 0 Å². The van der Waals surface area contributed by atoms with E-state index < -0.39 is 0 Å². The van der Waals surface area contributed by atoms with E-state index in [4.69, 9.17) is 9.47 Å². The summed E-state index contributed by atoms with van der Waals surface area (Å²) in [7, 11) is 3.40. The molecule has 2 rings (SSSR count). The molecule has 0 radical (unpaired) electrons. The number of nitrogens with zero attached hydrogens (tertiary/aromatic N) is 2. The van der Waals surface area contributed by atoms with Gasteiger partial charge in [-0.15, -0.1) is 0 Å². The first-order valence-corrected chi connectivity index (χ1v) is 8.18. The number of morpholine rings is 1. The molecule has 1 amide bonds. The highest BCUT2D eigenvalue weighted by Crippen LogP contribution is 2.23. The van der Waals surface area contributed by atoms with Gasteiger partial charge in [0.05, 0.1) is 18.3 Å². The van der Waals surface area contributed by atoms with Gasteiger partial charge >= 0.3 is 0 Å². The van der Waals surface area contributed by atoms with Crippen LogP contribution in [0.5, 0.6) is 0 Å². The Morgan fingerprint density at radius 3 is 2.88 bits per heavy atom. The third kappa shape index (κ3) is 5.85. The molecular weight excluding hydrogens is 311 g/mol. The highest BCUT2D eigenvalue weighted by molar-refractivity contribution is 5.76. The van der Waals surface area contributed by atoms with Crippen molar-refractivity contribution in [3.8, 4) is 0 Å². The summed E-state index contributed by atoms with van der Waals surface area (Å²) < 4.78 is 24.9. The van der Waals surface area contributed by atoms with Crippen molar-refractivity contribution in [2.45, 2.75) is 32.1 Å². The molecule has 24 heavy (non-hydrogen) atoms. The van der Waals surface area contributed by atoms with Crippen LogP contribution in [0.3, 0.4) is 0 Å². The predicted molar refractivity (Wildman–Crippen MR) is 90.1 cm³/mol. The lowest BCUT2D eigenvalue weighted by Gasteiger charge is -2.42. The van der Waals surface area contributed by atoms with Gasteiger partial charge in [-0.2, -0.15) is 0 Å². The largest absolute Gasteiger partial charge is 0.369 e. The molecule has 0 aromatic heterocycles. The minimum absolute atomic E-state index is 0.0528. The number of halogens is 1. The first kappa shape index (κ1) is 18.8. The fourth-order valence-corrected chi connectivity index (χ4v) is 2.92. The standard InChI is InChI=1S/C18H27FN2O3/c1-18(2)13-21(9-14-6-5-7-15(19)8-14)10-16(24-18)11-23-12-17(22)20(3)4/h5-8,16H,9-13H2,1-4H3/t16-/m0/s1. The molecule has 0 aliphatic carbocycles. The third-order valence-electron chi connectivity index (χ3n) is 3.88. The van der Waals surface area contributed by atoms with Crippen LogP contribution in [0, 0.1) is 5.82 Å². The summed E-state index contributed by atoms with van der Waals surface area (Å²) in [6, 6.07) is 6.66. The van der Waals surface area contributed by atoms with E-state index in [2.05, 4.69) is 4.90 Å². The second kappa shape index (κ2) is 8.05. The van der Waals surface area contributed by atoms with Gasteiger partial charge in [0.25, 0.3) is 0 Å². The number of benzene rings is 1. The molecule has 1 aromatic rings. The Balaban J connectivity index is 1.90. The van der Waals surface area contributed by atoms with Crippen LogP contribution in [-0.2, 0) is 20.8 Å². The van der Waals surface area contributed by atoms with Crippen molar-refractivity contribution >= 4 is 5.91 Å². The molecule has 1 aliphatic rings. The Morgan fingerprint density at radius 1 is 1.46 bits per heavy atom. The van der Waals surface area contributed by atoms with E-state index in [1.165, 1.54) is 11.0 Å². The molecule has 1 heterocycles. The van der Waals surface area contributed by atoms with Crippen LogP contribution in [-0.4, -0.2) is 67.8 Å². The first-order valence-electron chi connectivity index (χ1n) is 8.18. The van der Waals surface area contributed by atoms with Crippen LogP contribution >= 0.6 is 0 Å². The van der Waals surface area contributed by atoms with E-state index in [0.29, 0.717) is 19.7 Å². The second-order valence-corrected chi connectivity index (χ2v) is 7.10. The van der Waals surface area contributed by atoms with E-state index in [-0.39, 0.29) is 30.0 Å². The fourth-order valence-electron chi connectivity index (χ4n) is 2.92. The van der Waals surface area contributed by atoms with Gasteiger partial charge < -0.3 is 14.4 Å². The van der Waals surface area contributed by atoms with Gasteiger partial charge in [0.2, 0.25) is 5.91 Å². The van der Waals surface area contributed by atoms with E-state index in [1.807, 2.05) is 19.9 Å². The van der Waals surface area contributed by atoms with Gasteiger partial charge in [-0.3, -0.25) is 9.69 Å². The summed E-state index contributed by atoms with van der Waals surface area (Å²) in [6.45, 7) is 6.59. The highest BCUT2D eigenvalue weighted by Gasteiger charge is 2.33. The van der Waals surface area contributed by atoms with Crippen LogP contribution in [0.1, 0.15) is 19.4 Å². The molecule has 0 bridgehead atoms. The number of likely N-dealkylation sites (N-methyl/N-ethyl adjacent to an activating group) is 1. The van der Waals surface area contributed by atoms with Crippen molar-refractivity contribution in [3.63, 3.8) is 0 Å². The van der Waals surface area contributed by atoms with Gasteiger partial charge in [-0.05, 0) is 31.5 Å². The molecule has 6 heteroatoms. The summed E-state index contributed by atoms with van der Waals surface area (Å²) >= 11 is 0. The van der Waals surface area contributed by atoms with Crippen molar-refractivity contribution in [1.82, 2.24) is 9.80 Å². The topological polar surface area (TPSA) is 42.0 Å². The average molecular weight is 338 g/mol. The van der Waals surface area contributed by atoms with Crippen molar-refractivity contribution in [3.05, 3.63) is 35.6 Å². The highest BCUT2D eigenvalue weighted by atomic mass is 19.1. The van der Waals surface area contributed by atoms with Crippen molar-refractivity contribution in [2.24, 2.45) is 0 Å². The normalized spacial score (nSPS) is 20.8. The third-order valence-corrected chi connectivity index (χ3v) is 3.88. The van der Waals surface area contributed by atoms with Crippen LogP contribution in [0.4, 0.5) is 4.39 Å². The van der Waals surface area contributed by atoms with Gasteiger partial charge in [0, 0.05) is 33.7 Å². The minimum Gasteiger partial charge on any atom is -0.369 e. The Hall–Kier alpha value is -1.50. The lowest BCUT2D eigenvalue weighted by atomic mass is 10.0. The lowest BCUT2D eigenvalue weighted by molar-refractivity contribution is -0.161. The Bertz CT molecular complexity index is 563. The Labute approximate surface area is 143 Å². The van der Waals surface area contributed by atoms with Crippen LogP contribution < -0.4 is 0 Å². The molecule has 1 atom stereocenters. The van der Waals surface area contributed by atoms with Gasteiger partial charge in [-0.1, -0.05) is 12.1 Å². The van der Waals surface area contributed by atoms with Crippen LogP contribution in [0.15, 0.2) is 24.3 Å². The Morgan fingerprint density at radius 2 is 2.21 bits per heavy atom. The lowest BCUT2D eigenvalue weighted by Crippen LogP contribution is -2.53. The molecule has 5 nitrogen and oxygen atoms in total. The van der Waals surface area contributed by atoms with Crippen LogP contribution in [0.2, 0.25) is 0 Å². The molecular formula is C18H27FN2O3. The molecule has 1 fully saturated rings. The van der Waals surface area contributed by atoms with Gasteiger partial charge in [0.1, 0.15) is 12.4 Å². The predicted octanol–water partition coefficient (Wildman–Crippen LogP) is 1.91. The SMILES string of the molecule is CN(C)C(=O)COC[C@@H]1CN(Cc2cccc(F)c2)CC(C)(C)O1. The number of ether oxygens (including phenoxy) is 2. The zero-order valence-electron chi connectivity index (χ0n) is 14.9. The average Bonchev–Trinajstić information content (AvgIpc) is 2.45. The zero-order valence-corrected chi connectivity index (χ0v) is 14.9. The van der Waals surface area contributed by atoms with Gasteiger partial charge in [0.15, 0.2) is 0 Å². The summed E-state index contributed by atoms with van der Waals surface area (Å²) in [5, 5.41) is 0. The maximum absolute atomic E-state index is 13.4. The summed E-state index contributed by atoms with van der Waals surface area (Å²) in [5.41, 5.74) is 0.626. The quantitative estimate of drug-likeness (QED) is 0.795. The summed E-state index contributed by atoms with van der Waals surface area (Å²) in [6.07, 6.45) is -0.114. The number of rotatable bonds is 6. The second-order valence-electron chi connectivity index (χ2n) is 7.10. The van der Waals surface area contributed by atoms with E-state index >= 15 is 0 Å². The number of amides is 1. The summed E-state index contributed by atoms with van der Waals surface area (Å²) in [4.78, 5) is 15.3. The molecule has 0 saturated carbocycles. The minimum atomic E-state index is -0.314. The molecule has 1 saturated heterocycles. The van der Waals surface area contributed by atoms with Crippen molar-refractivity contribution in [1.29, 1.82) is 0 Å². The Kier molecular flexibility index (Phi) is 6.32. The number of hydrogen-bond acceptors (Lipinski definition) is 4. The number of hydrogen-bond donors (Lipinski definition) is 0. The smallest absolute Gasteiger partial charge is 0.248 e. The molecule has 0 unspecified atom stereocenters. The van der Waals surface area contributed by atoms with Crippen molar-refractivity contribution < 1.29 is 18.7 Å². The molecule has 134 valence electrons. The monoisotopic (exact) mass is 338 g/mol. The maximum atomic E-state index is 13.4. The van der Waals surface area contributed by atoms with E-state index in [1.54, 1.807) is 26.2 Å². The molecule has 0 spiro atoms. The zero-order chi connectivity index (χ0) is 17.7. The van der Waals surface area contributed by atoms with E-state index in [9.17, 15) is 9.18 Å². The number of carbonyl (C=O) groups is 1. The summed E-state index contributed by atoms with van der Waals surface area (Å²) in [5.74, 6) is -0.288. The fraction of sp³-hybridized carbons (Fsp3) is 0.611. The van der Waals surface area contributed by atoms with Gasteiger partial charge in [-0.25, -0.2) is 4.39 Å². The maximum Gasteiger partial charge on any atom is 0.248 e. The number of carbonyl (C=O) groups excluding carboxylic acids is 1. The first-order chi connectivity index (χ1) is 11.2. The molecule has 1 aliphatic heterocycles. The molecule has 0 N–H and O–H groups in total. The van der Waals surface area contributed by atoms with E-state index in [0.717, 1.165) is 12.1 Å². The van der Waals surface area contributed by atoms with Crippen molar-refractivity contribution in [2.75, 3.05) is 40.4 Å². The molecule has 1 aromatic carbocycles.